The quantitative estimate of drug-likeness (QED) is 0.896. The summed E-state index contributed by atoms with van der Waals surface area (Å²) < 4.78 is 5.39. The summed E-state index contributed by atoms with van der Waals surface area (Å²) in [7, 11) is 1.66. The van der Waals surface area contributed by atoms with E-state index in [1.807, 2.05) is 47.4 Å². The van der Waals surface area contributed by atoms with Crippen LogP contribution >= 0.6 is 11.6 Å². The number of urea groups is 1. The first-order valence-corrected chi connectivity index (χ1v) is 8.55. The Labute approximate surface area is 146 Å². The molecule has 1 fully saturated rings. The number of nitrogens with zero attached hydrogens (tertiary/aromatic N) is 1. The molecule has 1 aliphatic heterocycles. The van der Waals surface area contributed by atoms with Crippen molar-refractivity contribution >= 4 is 23.3 Å². The Morgan fingerprint density at radius 3 is 2.62 bits per heavy atom. The highest BCUT2D eigenvalue weighted by atomic mass is 35.5. The minimum Gasteiger partial charge on any atom is -0.497 e. The fourth-order valence-electron chi connectivity index (χ4n) is 3.18. The van der Waals surface area contributed by atoms with Gasteiger partial charge in [-0.25, -0.2) is 4.79 Å². The number of amides is 2. The molecule has 2 amide bonds. The molecule has 1 heterocycles. The van der Waals surface area contributed by atoms with Crippen molar-refractivity contribution < 1.29 is 9.53 Å². The van der Waals surface area contributed by atoms with Gasteiger partial charge in [0.1, 0.15) is 5.75 Å². The summed E-state index contributed by atoms with van der Waals surface area (Å²) in [4.78, 5) is 14.5. The standard InChI is InChI=1S/C19H19ClN2O2/c1-24-15-8-9-17-16(10-15)18(13-4-6-14(20)7-5-13)21-19(23)22(17)11-12-2-3-12/h4-10,12,18H,2-3,11H2,1H3,(H,21,23). The third-order valence-electron chi connectivity index (χ3n) is 4.69. The molecule has 2 aromatic rings. The van der Waals surface area contributed by atoms with Gasteiger partial charge in [0.05, 0.1) is 18.8 Å². The van der Waals surface area contributed by atoms with Crippen LogP contribution in [0.5, 0.6) is 5.75 Å². The molecule has 1 saturated carbocycles. The number of nitrogens with one attached hydrogen (secondary N) is 1. The Morgan fingerprint density at radius 2 is 1.96 bits per heavy atom. The van der Waals surface area contributed by atoms with Gasteiger partial charge in [0.15, 0.2) is 0 Å². The minimum atomic E-state index is -0.199. The molecule has 0 spiro atoms. The van der Waals surface area contributed by atoms with Crippen molar-refractivity contribution in [2.24, 2.45) is 5.92 Å². The predicted octanol–water partition coefficient (Wildman–Crippen LogP) is 4.38. The summed E-state index contributed by atoms with van der Waals surface area (Å²) >= 11 is 6.00. The first-order chi connectivity index (χ1) is 11.7. The van der Waals surface area contributed by atoms with Gasteiger partial charge in [-0.1, -0.05) is 23.7 Å². The maximum atomic E-state index is 12.7. The molecule has 0 saturated heterocycles. The summed E-state index contributed by atoms with van der Waals surface area (Å²) in [6, 6.07) is 13.3. The number of ether oxygens (including phenoxy) is 1. The molecule has 124 valence electrons. The maximum Gasteiger partial charge on any atom is 0.322 e. The van der Waals surface area contributed by atoms with E-state index in [9.17, 15) is 4.79 Å². The zero-order valence-electron chi connectivity index (χ0n) is 13.5. The Kier molecular flexibility index (Phi) is 3.85. The van der Waals surface area contributed by atoms with Crippen LogP contribution in [0.15, 0.2) is 42.5 Å². The number of halogens is 1. The van der Waals surface area contributed by atoms with Crippen molar-refractivity contribution in [2.75, 3.05) is 18.6 Å². The smallest absolute Gasteiger partial charge is 0.322 e. The summed E-state index contributed by atoms with van der Waals surface area (Å²) in [6.45, 7) is 0.776. The number of rotatable bonds is 4. The van der Waals surface area contributed by atoms with Gasteiger partial charge in [-0.3, -0.25) is 4.90 Å². The number of hydrogen-bond acceptors (Lipinski definition) is 2. The second kappa shape index (κ2) is 6.02. The Morgan fingerprint density at radius 1 is 1.21 bits per heavy atom. The molecule has 0 bridgehead atoms. The van der Waals surface area contributed by atoms with E-state index in [0.29, 0.717) is 10.9 Å². The van der Waals surface area contributed by atoms with Gasteiger partial charge in [-0.2, -0.15) is 0 Å². The third kappa shape index (κ3) is 2.82. The van der Waals surface area contributed by atoms with Crippen molar-refractivity contribution in [1.82, 2.24) is 5.32 Å². The van der Waals surface area contributed by atoms with Crippen molar-refractivity contribution in [3.63, 3.8) is 0 Å². The molecule has 4 rings (SSSR count). The number of carbonyl (C=O) groups is 1. The number of fused-ring (bicyclic) bond motifs is 1. The van der Waals surface area contributed by atoms with Crippen LogP contribution in [-0.2, 0) is 0 Å². The van der Waals surface area contributed by atoms with E-state index < -0.39 is 0 Å². The average molecular weight is 343 g/mol. The molecule has 0 aromatic heterocycles. The topological polar surface area (TPSA) is 41.6 Å². The lowest BCUT2D eigenvalue weighted by molar-refractivity contribution is 0.242. The highest BCUT2D eigenvalue weighted by molar-refractivity contribution is 6.30. The van der Waals surface area contributed by atoms with E-state index in [4.69, 9.17) is 16.3 Å². The van der Waals surface area contributed by atoms with Crippen LogP contribution in [0.1, 0.15) is 30.0 Å². The Hall–Kier alpha value is -2.20. The molecular formula is C19H19ClN2O2. The maximum absolute atomic E-state index is 12.7. The lowest BCUT2D eigenvalue weighted by Gasteiger charge is -2.35. The zero-order valence-corrected chi connectivity index (χ0v) is 14.2. The average Bonchev–Trinajstić information content (AvgIpc) is 3.41. The van der Waals surface area contributed by atoms with Crippen molar-refractivity contribution in [2.45, 2.75) is 18.9 Å². The molecule has 1 unspecified atom stereocenters. The predicted molar refractivity (Wildman–Crippen MR) is 94.9 cm³/mol. The van der Waals surface area contributed by atoms with Crippen LogP contribution in [0.4, 0.5) is 10.5 Å². The molecule has 2 aromatic carbocycles. The van der Waals surface area contributed by atoms with Gasteiger partial charge in [0.2, 0.25) is 0 Å². The van der Waals surface area contributed by atoms with Crippen LogP contribution in [0, 0.1) is 5.92 Å². The first-order valence-electron chi connectivity index (χ1n) is 8.17. The zero-order chi connectivity index (χ0) is 16.7. The summed E-state index contributed by atoms with van der Waals surface area (Å²) in [5.41, 5.74) is 3.02. The Bertz CT molecular complexity index is 771. The molecule has 4 nitrogen and oxygen atoms in total. The molecule has 2 aliphatic rings. The van der Waals surface area contributed by atoms with Crippen LogP contribution in [-0.4, -0.2) is 19.7 Å². The Balaban J connectivity index is 1.78. The van der Waals surface area contributed by atoms with Crippen molar-refractivity contribution in [3.05, 3.63) is 58.6 Å². The number of carbonyl (C=O) groups excluding carboxylic acids is 1. The number of hydrogen-bond donors (Lipinski definition) is 1. The fraction of sp³-hybridized carbons (Fsp3) is 0.316. The molecule has 5 heteroatoms. The van der Waals surface area contributed by atoms with Gasteiger partial charge in [0, 0.05) is 17.1 Å². The second-order valence-electron chi connectivity index (χ2n) is 6.41. The van der Waals surface area contributed by atoms with E-state index in [-0.39, 0.29) is 12.1 Å². The molecule has 0 radical (unpaired) electrons. The lowest BCUT2D eigenvalue weighted by atomic mass is 9.94. The second-order valence-corrected chi connectivity index (χ2v) is 6.85. The summed E-state index contributed by atoms with van der Waals surface area (Å²) in [5.74, 6) is 1.41. The van der Waals surface area contributed by atoms with E-state index in [2.05, 4.69) is 5.32 Å². The van der Waals surface area contributed by atoms with Crippen LogP contribution in [0.3, 0.4) is 0 Å². The van der Waals surface area contributed by atoms with Gasteiger partial charge >= 0.3 is 6.03 Å². The third-order valence-corrected chi connectivity index (χ3v) is 4.94. The normalized spacial score (nSPS) is 19.7. The van der Waals surface area contributed by atoms with Gasteiger partial charge in [0.25, 0.3) is 0 Å². The van der Waals surface area contributed by atoms with Gasteiger partial charge in [-0.15, -0.1) is 0 Å². The van der Waals surface area contributed by atoms with E-state index in [0.717, 1.165) is 29.1 Å². The van der Waals surface area contributed by atoms with E-state index in [1.165, 1.54) is 12.8 Å². The van der Waals surface area contributed by atoms with Gasteiger partial charge in [-0.05, 0) is 54.7 Å². The first kappa shape index (κ1) is 15.3. The number of benzene rings is 2. The minimum absolute atomic E-state index is 0.0421. The lowest BCUT2D eigenvalue weighted by Crippen LogP contribution is -2.47. The number of anilines is 1. The van der Waals surface area contributed by atoms with Crippen LogP contribution in [0.2, 0.25) is 5.02 Å². The molecule has 24 heavy (non-hydrogen) atoms. The largest absolute Gasteiger partial charge is 0.497 e. The van der Waals surface area contributed by atoms with Crippen LogP contribution in [0.25, 0.3) is 0 Å². The van der Waals surface area contributed by atoms with E-state index >= 15 is 0 Å². The van der Waals surface area contributed by atoms with Gasteiger partial charge < -0.3 is 10.1 Å². The molecule has 1 N–H and O–H groups in total. The molecule has 1 atom stereocenters. The fourth-order valence-corrected chi connectivity index (χ4v) is 3.31. The number of methoxy groups -OCH3 is 1. The van der Waals surface area contributed by atoms with Crippen LogP contribution < -0.4 is 15.0 Å². The monoisotopic (exact) mass is 342 g/mol. The highest BCUT2D eigenvalue weighted by Gasteiger charge is 2.35. The SMILES string of the molecule is COc1ccc2c(c1)C(c1ccc(Cl)cc1)NC(=O)N2CC1CC1. The van der Waals surface area contributed by atoms with E-state index in [1.54, 1.807) is 7.11 Å². The van der Waals surface area contributed by atoms with Crippen molar-refractivity contribution in [3.8, 4) is 5.75 Å². The van der Waals surface area contributed by atoms with Crippen molar-refractivity contribution in [1.29, 1.82) is 0 Å². The molecule has 1 aliphatic carbocycles. The summed E-state index contributed by atoms with van der Waals surface area (Å²) in [6.07, 6.45) is 2.41. The molecular weight excluding hydrogens is 324 g/mol. The summed E-state index contributed by atoms with van der Waals surface area (Å²) in [5, 5.41) is 3.81. The highest BCUT2D eigenvalue weighted by Crippen LogP contribution is 2.40.